The molecule has 0 amide bonds. The van der Waals surface area contributed by atoms with Crippen LogP contribution >= 0.6 is 0 Å². The monoisotopic (exact) mass is 251 g/mol. The summed E-state index contributed by atoms with van der Waals surface area (Å²) in [5.41, 5.74) is 1.10. The first-order chi connectivity index (χ1) is 8.63. The molecule has 2 unspecified atom stereocenters. The molecule has 1 N–H and O–H groups in total. The van der Waals surface area contributed by atoms with E-state index < -0.39 is 5.97 Å². The van der Waals surface area contributed by atoms with E-state index in [0.29, 0.717) is 6.54 Å². The van der Waals surface area contributed by atoms with Crippen molar-refractivity contribution in [1.82, 2.24) is 14.5 Å². The van der Waals surface area contributed by atoms with Gasteiger partial charge in [-0.2, -0.15) is 0 Å². The van der Waals surface area contributed by atoms with Gasteiger partial charge in [0.25, 0.3) is 0 Å². The summed E-state index contributed by atoms with van der Waals surface area (Å²) in [4.78, 5) is 17.6. The highest BCUT2D eigenvalue weighted by molar-refractivity contribution is 5.74. The number of piperidine rings is 1. The van der Waals surface area contributed by atoms with E-state index in [1.807, 2.05) is 13.1 Å². The van der Waals surface area contributed by atoms with Crippen molar-refractivity contribution in [2.24, 2.45) is 5.92 Å². The average Bonchev–Trinajstić information content (AvgIpc) is 2.76. The average molecular weight is 251 g/mol. The Balaban J connectivity index is 2.13. The fourth-order valence-corrected chi connectivity index (χ4v) is 2.82. The highest BCUT2D eigenvalue weighted by Crippen LogP contribution is 2.25. The Morgan fingerprint density at radius 1 is 1.61 bits per heavy atom. The molecule has 2 atom stereocenters. The van der Waals surface area contributed by atoms with Gasteiger partial charge in [0, 0.05) is 19.3 Å². The van der Waals surface area contributed by atoms with Crippen LogP contribution in [-0.2, 0) is 17.9 Å². The van der Waals surface area contributed by atoms with Gasteiger partial charge in [-0.15, -0.1) is 0 Å². The van der Waals surface area contributed by atoms with Crippen molar-refractivity contribution < 1.29 is 9.90 Å². The molecule has 1 aliphatic heterocycles. The van der Waals surface area contributed by atoms with Gasteiger partial charge in [0.2, 0.25) is 0 Å². The molecule has 1 aromatic rings. The van der Waals surface area contributed by atoms with E-state index in [9.17, 15) is 9.90 Å². The van der Waals surface area contributed by atoms with E-state index in [0.717, 1.165) is 31.6 Å². The molecule has 1 aromatic heterocycles. The van der Waals surface area contributed by atoms with Crippen LogP contribution in [-0.4, -0.2) is 38.1 Å². The first-order valence-electron chi connectivity index (χ1n) is 6.59. The molecule has 1 fully saturated rings. The van der Waals surface area contributed by atoms with E-state index in [1.54, 1.807) is 6.33 Å². The van der Waals surface area contributed by atoms with E-state index in [2.05, 4.69) is 21.4 Å². The Bertz CT molecular complexity index is 416. The van der Waals surface area contributed by atoms with Crippen molar-refractivity contribution in [3.8, 4) is 0 Å². The Kier molecular flexibility index (Phi) is 4.01. The zero-order valence-electron chi connectivity index (χ0n) is 11.0. The molecule has 1 aliphatic rings. The molecule has 0 saturated carbocycles. The molecular weight excluding hydrogens is 230 g/mol. The van der Waals surface area contributed by atoms with Crippen LogP contribution < -0.4 is 0 Å². The van der Waals surface area contributed by atoms with Crippen molar-refractivity contribution >= 4 is 5.97 Å². The van der Waals surface area contributed by atoms with E-state index in [1.165, 1.54) is 0 Å². The number of nitrogens with zero attached hydrogens (tertiary/aromatic N) is 3. The van der Waals surface area contributed by atoms with E-state index in [-0.39, 0.29) is 12.0 Å². The van der Waals surface area contributed by atoms with Gasteiger partial charge < -0.3 is 9.67 Å². The predicted molar refractivity (Wildman–Crippen MR) is 68.1 cm³/mol. The number of aliphatic carboxylic acids is 1. The summed E-state index contributed by atoms with van der Waals surface area (Å²) in [7, 11) is 0. The first kappa shape index (κ1) is 13.1. The third-order valence-electron chi connectivity index (χ3n) is 3.79. The summed E-state index contributed by atoms with van der Waals surface area (Å²) in [6, 6.07) is -0.362. The van der Waals surface area contributed by atoms with Gasteiger partial charge >= 0.3 is 5.97 Å². The summed E-state index contributed by atoms with van der Waals surface area (Å²) in [5.74, 6) is -0.487. The fourth-order valence-electron chi connectivity index (χ4n) is 2.82. The Morgan fingerprint density at radius 3 is 3.06 bits per heavy atom. The number of hydrogen-bond donors (Lipinski definition) is 1. The van der Waals surface area contributed by atoms with Gasteiger partial charge in [-0.3, -0.25) is 9.69 Å². The lowest BCUT2D eigenvalue weighted by Crippen LogP contribution is -2.48. The summed E-state index contributed by atoms with van der Waals surface area (Å²) >= 11 is 0. The minimum atomic E-state index is -0.704. The van der Waals surface area contributed by atoms with Crippen molar-refractivity contribution in [3.05, 3.63) is 18.2 Å². The number of carbonyl (C=O) groups is 1. The van der Waals surface area contributed by atoms with Crippen LogP contribution in [0.15, 0.2) is 12.5 Å². The van der Waals surface area contributed by atoms with Gasteiger partial charge in [0.15, 0.2) is 0 Å². The topological polar surface area (TPSA) is 58.4 Å². The molecule has 2 heterocycles. The fraction of sp³-hybridized carbons (Fsp3) is 0.692. The highest BCUT2D eigenvalue weighted by atomic mass is 16.4. The SMILES string of the molecule is CCn1cncc1CN1CCCC(C)C1C(=O)O. The molecule has 5 nitrogen and oxygen atoms in total. The maximum absolute atomic E-state index is 11.4. The molecule has 0 bridgehead atoms. The third kappa shape index (κ3) is 2.56. The zero-order valence-corrected chi connectivity index (χ0v) is 11.0. The Hall–Kier alpha value is -1.36. The van der Waals surface area contributed by atoms with Crippen molar-refractivity contribution in [3.63, 3.8) is 0 Å². The second-order valence-electron chi connectivity index (χ2n) is 5.04. The van der Waals surface area contributed by atoms with E-state index >= 15 is 0 Å². The highest BCUT2D eigenvalue weighted by Gasteiger charge is 2.34. The maximum Gasteiger partial charge on any atom is 0.321 e. The number of rotatable bonds is 4. The summed E-state index contributed by atoms with van der Waals surface area (Å²) in [5, 5.41) is 9.37. The van der Waals surface area contributed by atoms with Crippen LogP contribution in [0.4, 0.5) is 0 Å². The van der Waals surface area contributed by atoms with Gasteiger partial charge in [-0.05, 0) is 32.2 Å². The van der Waals surface area contributed by atoms with Crippen LogP contribution in [0.3, 0.4) is 0 Å². The van der Waals surface area contributed by atoms with Gasteiger partial charge in [0.1, 0.15) is 6.04 Å². The summed E-state index contributed by atoms with van der Waals surface area (Å²) < 4.78 is 2.07. The lowest BCUT2D eigenvalue weighted by atomic mass is 9.91. The quantitative estimate of drug-likeness (QED) is 0.883. The number of hydrogen-bond acceptors (Lipinski definition) is 3. The standard InChI is InChI=1S/C13H21N3O2/c1-3-15-9-14-7-11(15)8-16-6-4-5-10(2)12(16)13(17)18/h7,9-10,12H,3-6,8H2,1-2H3,(H,17,18). The number of aryl methyl sites for hydroxylation is 1. The molecule has 0 spiro atoms. The first-order valence-corrected chi connectivity index (χ1v) is 6.59. The van der Waals surface area contributed by atoms with Crippen LogP contribution in [0.25, 0.3) is 0 Å². The molecule has 1 saturated heterocycles. The van der Waals surface area contributed by atoms with Crippen LogP contribution in [0, 0.1) is 5.92 Å². The molecule has 2 rings (SSSR count). The van der Waals surface area contributed by atoms with Crippen molar-refractivity contribution in [2.45, 2.75) is 45.8 Å². The number of aromatic nitrogens is 2. The molecule has 0 aliphatic carbocycles. The molecular formula is C13H21N3O2. The zero-order chi connectivity index (χ0) is 13.1. The second-order valence-corrected chi connectivity index (χ2v) is 5.04. The van der Waals surface area contributed by atoms with Crippen LogP contribution in [0.5, 0.6) is 0 Å². The Labute approximate surface area is 107 Å². The lowest BCUT2D eigenvalue weighted by Gasteiger charge is -2.37. The number of likely N-dealkylation sites (tertiary alicyclic amines) is 1. The van der Waals surface area contributed by atoms with Crippen molar-refractivity contribution in [1.29, 1.82) is 0 Å². The van der Waals surface area contributed by atoms with Gasteiger partial charge in [-0.25, -0.2) is 4.98 Å². The molecule has 0 aromatic carbocycles. The van der Waals surface area contributed by atoms with E-state index in [4.69, 9.17) is 0 Å². The smallest absolute Gasteiger partial charge is 0.321 e. The number of imidazole rings is 1. The van der Waals surface area contributed by atoms with Gasteiger partial charge in [-0.1, -0.05) is 6.92 Å². The van der Waals surface area contributed by atoms with Gasteiger partial charge in [0.05, 0.1) is 12.0 Å². The number of carboxylic acids is 1. The molecule has 18 heavy (non-hydrogen) atoms. The molecule has 100 valence electrons. The molecule has 5 heteroatoms. The van der Waals surface area contributed by atoms with Crippen molar-refractivity contribution in [2.75, 3.05) is 6.54 Å². The van der Waals surface area contributed by atoms with Crippen LogP contribution in [0.1, 0.15) is 32.4 Å². The second kappa shape index (κ2) is 5.52. The third-order valence-corrected chi connectivity index (χ3v) is 3.79. The minimum Gasteiger partial charge on any atom is -0.480 e. The lowest BCUT2D eigenvalue weighted by molar-refractivity contribution is -0.147. The largest absolute Gasteiger partial charge is 0.480 e. The summed E-state index contributed by atoms with van der Waals surface area (Å²) in [6.45, 7) is 6.50. The maximum atomic E-state index is 11.4. The summed E-state index contributed by atoms with van der Waals surface area (Å²) in [6.07, 6.45) is 5.71. The predicted octanol–water partition coefficient (Wildman–Crippen LogP) is 1.59. The van der Waals surface area contributed by atoms with Crippen LogP contribution in [0.2, 0.25) is 0 Å². The Morgan fingerprint density at radius 2 is 2.39 bits per heavy atom. The normalized spacial score (nSPS) is 25.2. The number of carboxylic acid groups (broad SMARTS) is 1. The molecule has 0 radical (unpaired) electrons. The minimum absolute atomic E-state index is 0.217.